The zero-order valence-electron chi connectivity index (χ0n) is 9.78. The van der Waals surface area contributed by atoms with Crippen molar-refractivity contribution in [3.05, 3.63) is 34.2 Å². The molecule has 0 bridgehead atoms. The molecular weight excluding hydrogens is 206 g/mol. The van der Waals surface area contributed by atoms with Gasteiger partial charge in [0.25, 0.3) is 11.5 Å². The fourth-order valence-electron chi connectivity index (χ4n) is 1.12. The SMILES string of the molecule is Cn1ccc(C(=O)NC(C)(C)CN)cc1=O. The summed E-state index contributed by atoms with van der Waals surface area (Å²) in [7, 11) is 1.63. The minimum atomic E-state index is -0.474. The van der Waals surface area contributed by atoms with E-state index in [1.54, 1.807) is 19.3 Å². The number of pyridine rings is 1. The number of carbonyl (C=O) groups is 1. The highest BCUT2D eigenvalue weighted by molar-refractivity contribution is 5.94. The largest absolute Gasteiger partial charge is 0.346 e. The lowest BCUT2D eigenvalue weighted by Crippen LogP contribution is -2.49. The van der Waals surface area contributed by atoms with Gasteiger partial charge in [0.2, 0.25) is 0 Å². The standard InChI is InChI=1S/C11H17N3O2/c1-11(2,7-12)13-10(16)8-4-5-14(3)9(15)6-8/h4-6H,7,12H2,1-3H3,(H,13,16). The number of hydrogen-bond donors (Lipinski definition) is 2. The average Bonchev–Trinajstić information content (AvgIpc) is 2.21. The Balaban J connectivity index is 2.90. The number of nitrogens with zero attached hydrogens (tertiary/aromatic N) is 1. The molecule has 3 N–H and O–H groups in total. The van der Waals surface area contributed by atoms with Crippen LogP contribution in [-0.4, -0.2) is 22.6 Å². The zero-order valence-corrected chi connectivity index (χ0v) is 9.78. The Morgan fingerprint density at radius 3 is 2.69 bits per heavy atom. The average molecular weight is 223 g/mol. The summed E-state index contributed by atoms with van der Waals surface area (Å²) >= 11 is 0. The van der Waals surface area contributed by atoms with Gasteiger partial charge in [-0.25, -0.2) is 0 Å². The van der Waals surface area contributed by atoms with Crippen LogP contribution in [-0.2, 0) is 7.05 Å². The van der Waals surface area contributed by atoms with Gasteiger partial charge in [-0.15, -0.1) is 0 Å². The molecule has 88 valence electrons. The zero-order chi connectivity index (χ0) is 12.3. The van der Waals surface area contributed by atoms with E-state index in [9.17, 15) is 9.59 Å². The summed E-state index contributed by atoms with van der Waals surface area (Å²) < 4.78 is 1.41. The molecule has 0 aliphatic rings. The minimum absolute atomic E-state index is 0.210. The Bertz CT molecular complexity index is 449. The molecule has 0 fully saturated rings. The molecule has 0 aliphatic heterocycles. The summed E-state index contributed by atoms with van der Waals surface area (Å²) in [6.07, 6.45) is 1.56. The second kappa shape index (κ2) is 4.49. The Morgan fingerprint density at radius 1 is 1.56 bits per heavy atom. The van der Waals surface area contributed by atoms with Gasteiger partial charge in [-0.05, 0) is 19.9 Å². The fourth-order valence-corrected chi connectivity index (χ4v) is 1.12. The highest BCUT2D eigenvalue weighted by Crippen LogP contribution is 2.02. The van der Waals surface area contributed by atoms with Crippen LogP contribution < -0.4 is 16.6 Å². The first-order chi connectivity index (χ1) is 7.35. The van der Waals surface area contributed by atoms with Crippen LogP contribution in [0.3, 0.4) is 0 Å². The number of nitrogens with one attached hydrogen (secondary N) is 1. The molecule has 0 radical (unpaired) electrons. The topological polar surface area (TPSA) is 77.1 Å². The van der Waals surface area contributed by atoms with E-state index in [0.717, 1.165) is 0 Å². The van der Waals surface area contributed by atoms with Gasteiger partial charge < -0.3 is 15.6 Å². The molecule has 0 saturated carbocycles. The third-order valence-corrected chi connectivity index (χ3v) is 2.33. The van der Waals surface area contributed by atoms with E-state index in [1.165, 1.54) is 10.6 Å². The van der Waals surface area contributed by atoms with Crippen LogP contribution >= 0.6 is 0 Å². The van der Waals surface area contributed by atoms with Crippen molar-refractivity contribution in [2.24, 2.45) is 12.8 Å². The van der Waals surface area contributed by atoms with Crippen LogP contribution in [0.25, 0.3) is 0 Å². The lowest BCUT2D eigenvalue weighted by Gasteiger charge is -2.24. The van der Waals surface area contributed by atoms with E-state index in [2.05, 4.69) is 5.32 Å². The van der Waals surface area contributed by atoms with Crippen LogP contribution in [0.5, 0.6) is 0 Å². The third kappa shape index (κ3) is 2.93. The number of aromatic nitrogens is 1. The molecule has 5 nitrogen and oxygen atoms in total. The maximum Gasteiger partial charge on any atom is 0.251 e. The van der Waals surface area contributed by atoms with Crippen molar-refractivity contribution in [2.75, 3.05) is 6.54 Å². The maximum atomic E-state index is 11.8. The summed E-state index contributed by atoms with van der Waals surface area (Å²) in [4.78, 5) is 23.1. The van der Waals surface area contributed by atoms with Crippen LogP contribution in [0.1, 0.15) is 24.2 Å². The molecule has 0 aromatic carbocycles. The molecule has 0 unspecified atom stereocenters. The van der Waals surface area contributed by atoms with Gasteiger partial charge in [0.05, 0.1) is 0 Å². The Labute approximate surface area is 94.3 Å². The fraction of sp³-hybridized carbons (Fsp3) is 0.455. The summed E-state index contributed by atoms with van der Waals surface area (Å²) in [5.41, 5.74) is 5.17. The van der Waals surface area contributed by atoms with Crippen molar-refractivity contribution in [3.8, 4) is 0 Å². The lowest BCUT2D eigenvalue weighted by atomic mass is 10.1. The molecule has 16 heavy (non-hydrogen) atoms. The van der Waals surface area contributed by atoms with E-state index in [-0.39, 0.29) is 11.5 Å². The second-order valence-corrected chi connectivity index (χ2v) is 4.41. The lowest BCUT2D eigenvalue weighted by molar-refractivity contribution is 0.0915. The maximum absolute atomic E-state index is 11.8. The Kier molecular flexibility index (Phi) is 3.49. The summed E-state index contributed by atoms with van der Waals surface area (Å²) in [6.45, 7) is 3.99. The number of carbonyl (C=O) groups excluding carboxylic acids is 1. The first kappa shape index (κ1) is 12.4. The number of nitrogens with two attached hydrogens (primary N) is 1. The molecule has 0 atom stereocenters. The molecule has 0 saturated heterocycles. The van der Waals surface area contributed by atoms with Gasteiger partial charge in [-0.1, -0.05) is 0 Å². The normalized spacial score (nSPS) is 11.2. The van der Waals surface area contributed by atoms with E-state index < -0.39 is 5.54 Å². The smallest absolute Gasteiger partial charge is 0.251 e. The summed E-state index contributed by atoms with van der Waals surface area (Å²) in [5.74, 6) is -0.284. The number of amides is 1. The monoisotopic (exact) mass is 223 g/mol. The Hall–Kier alpha value is -1.62. The molecule has 5 heteroatoms. The summed E-state index contributed by atoms with van der Waals surface area (Å²) in [6, 6.07) is 2.91. The highest BCUT2D eigenvalue weighted by Gasteiger charge is 2.19. The van der Waals surface area contributed by atoms with Crippen molar-refractivity contribution < 1.29 is 4.79 Å². The van der Waals surface area contributed by atoms with Gasteiger partial charge in [0, 0.05) is 37.0 Å². The van der Waals surface area contributed by atoms with E-state index >= 15 is 0 Å². The number of rotatable bonds is 3. The van der Waals surface area contributed by atoms with Crippen molar-refractivity contribution in [2.45, 2.75) is 19.4 Å². The van der Waals surface area contributed by atoms with Crippen LogP contribution in [0.2, 0.25) is 0 Å². The molecule has 1 aromatic rings. The first-order valence-electron chi connectivity index (χ1n) is 5.05. The van der Waals surface area contributed by atoms with E-state index in [1.807, 2.05) is 13.8 Å². The minimum Gasteiger partial charge on any atom is -0.346 e. The van der Waals surface area contributed by atoms with Crippen LogP contribution in [0, 0.1) is 0 Å². The van der Waals surface area contributed by atoms with Gasteiger partial charge >= 0.3 is 0 Å². The third-order valence-electron chi connectivity index (χ3n) is 2.33. The number of hydrogen-bond acceptors (Lipinski definition) is 3. The van der Waals surface area contributed by atoms with E-state index in [0.29, 0.717) is 12.1 Å². The van der Waals surface area contributed by atoms with Crippen molar-refractivity contribution >= 4 is 5.91 Å². The molecule has 1 amide bonds. The molecular formula is C11H17N3O2. The van der Waals surface area contributed by atoms with Gasteiger partial charge in [-0.2, -0.15) is 0 Å². The Morgan fingerprint density at radius 2 is 2.19 bits per heavy atom. The second-order valence-electron chi connectivity index (χ2n) is 4.41. The summed E-state index contributed by atoms with van der Waals surface area (Å²) in [5, 5.41) is 2.76. The van der Waals surface area contributed by atoms with Gasteiger partial charge in [0.1, 0.15) is 0 Å². The quantitative estimate of drug-likeness (QED) is 0.748. The molecule has 0 spiro atoms. The van der Waals surface area contributed by atoms with Crippen molar-refractivity contribution in [1.82, 2.24) is 9.88 Å². The number of aryl methyl sites for hydroxylation is 1. The predicted molar refractivity (Wildman–Crippen MR) is 62.3 cm³/mol. The molecule has 1 heterocycles. The molecule has 0 aliphatic carbocycles. The first-order valence-corrected chi connectivity index (χ1v) is 5.05. The van der Waals surface area contributed by atoms with Gasteiger partial charge in [-0.3, -0.25) is 9.59 Å². The molecule has 1 aromatic heterocycles. The van der Waals surface area contributed by atoms with Crippen molar-refractivity contribution in [1.29, 1.82) is 0 Å². The molecule has 1 rings (SSSR count). The van der Waals surface area contributed by atoms with E-state index in [4.69, 9.17) is 5.73 Å². The van der Waals surface area contributed by atoms with Crippen LogP contribution in [0.4, 0.5) is 0 Å². The predicted octanol–water partition coefficient (Wildman–Crippen LogP) is -0.148. The highest BCUT2D eigenvalue weighted by atomic mass is 16.2. The van der Waals surface area contributed by atoms with Gasteiger partial charge in [0.15, 0.2) is 0 Å². The van der Waals surface area contributed by atoms with Crippen LogP contribution in [0.15, 0.2) is 23.1 Å². The van der Waals surface area contributed by atoms with Crippen molar-refractivity contribution in [3.63, 3.8) is 0 Å².